The van der Waals surface area contributed by atoms with Crippen LogP contribution in [0.1, 0.15) is 0 Å². The van der Waals surface area contributed by atoms with Crippen LogP contribution in [0.3, 0.4) is 0 Å². The van der Waals surface area contributed by atoms with Crippen LogP contribution in [-0.4, -0.2) is 19.5 Å². The van der Waals surface area contributed by atoms with Gasteiger partial charge in [0.15, 0.2) is 17.5 Å². The number of benzene rings is 9. The third-order valence-electron chi connectivity index (χ3n) is 10.8. The summed E-state index contributed by atoms with van der Waals surface area (Å²) in [5, 5.41) is 9.48. The molecule has 256 valence electrons. The zero-order chi connectivity index (χ0) is 36.3. The van der Waals surface area contributed by atoms with Gasteiger partial charge >= 0.3 is 0 Å². The first-order valence-corrected chi connectivity index (χ1v) is 18.6. The maximum absolute atomic E-state index is 5.34. The quantitative estimate of drug-likeness (QED) is 0.179. The fourth-order valence-electron chi connectivity index (χ4n) is 8.11. The van der Waals surface area contributed by atoms with Gasteiger partial charge in [0.2, 0.25) is 0 Å². The van der Waals surface area contributed by atoms with Crippen molar-refractivity contribution in [3.8, 4) is 51.0 Å². The Morgan fingerprint density at radius 3 is 1.58 bits per heavy atom. The normalized spacial score (nSPS) is 11.6. The zero-order valence-corrected chi connectivity index (χ0v) is 29.8. The minimum atomic E-state index is 0.626. The van der Waals surface area contributed by atoms with Crippen molar-refractivity contribution >= 4 is 54.1 Å². The van der Waals surface area contributed by atoms with Gasteiger partial charge in [-0.05, 0) is 73.8 Å². The molecule has 0 saturated heterocycles. The van der Waals surface area contributed by atoms with Gasteiger partial charge < -0.3 is 4.57 Å². The second-order valence-corrected chi connectivity index (χ2v) is 14.1. The second kappa shape index (κ2) is 12.6. The fourth-order valence-corrected chi connectivity index (χ4v) is 8.11. The summed E-state index contributed by atoms with van der Waals surface area (Å²) in [6.07, 6.45) is 0. The minimum absolute atomic E-state index is 0.626. The highest BCUT2D eigenvalue weighted by Crippen LogP contribution is 2.41. The van der Waals surface area contributed by atoms with Crippen molar-refractivity contribution in [2.24, 2.45) is 0 Å². The second-order valence-electron chi connectivity index (χ2n) is 14.1. The van der Waals surface area contributed by atoms with Gasteiger partial charge in [0.1, 0.15) is 0 Å². The molecule has 11 aromatic rings. The predicted octanol–water partition coefficient (Wildman–Crippen LogP) is 13.1. The number of hydrogen-bond donors (Lipinski definition) is 0. The van der Waals surface area contributed by atoms with E-state index in [2.05, 4.69) is 180 Å². The Morgan fingerprint density at radius 2 is 0.818 bits per heavy atom. The lowest BCUT2D eigenvalue weighted by molar-refractivity contribution is 1.07. The van der Waals surface area contributed by atoms with Crippen molar-refractivity contribution in [2.45, 2.75) is 0 Å². The van der Waals surface area contributed by atoms with E-state index in [9.17, 15) is 0 Å². The Bertz CT molecular complexity index is 3250. The average Bonchev–Trinajstić information content (AvgIpc) is 3.58. The van der Waals surface area contributed by atoms with Crippen LogP contribution < -0.4 is 0 Å². The highest BCUT2D eigenvalue weighted by Gasteiger charge is 2.22. The van der Waals surface area contributed by atoms with Crippen LogP contribution in [0, 0.1) is 0 Å². The van der Waals surface area contributed by atoms with Crippen molar-refractivity contribution in [1.29, 1.82) is 0 Å². The summed E-state index contributed by atoms with van der Waals surface area (Å²) in [5.74, 6) is 1.88. The van der Waals surface area contributed by atoms with E-state index >= 15 is 0 Å². The number of hydrogen-bond acceptors (Lipinski definition) is 3. The van der Waals surface area contributed by atoms with Gasteiger partial charge in [0.05, 0.1) is 22.3 Å². The van der Waals surface area contributed by atoms with Gasteiger partial charge in [-0.15, -0.1) is 0 Å². The number of para-hydroxylation sites is 1. The molecule has 0 fully saturated rings. The summed E-state index contributed by atoms with van der Waals surface area (Å²) < 4.78 is 2.39. The van der Waals surface area contributed by atoms with Gasteiger partial charge in [-0.2, -0.15) is 0 Å². The lowest BCUT2D eigenvalue weighted by atomic mass is 10.00. The number of rotatable bonds is 5. The molecule has 0 aliphatic carbocycles. The lowest BCUT2D eigenvalue weighted by Crippen LogP contribution is -2.04. The first-order chi connectivity index (χ1) is 27.2. The van der Waals surface area contributed by atoms with E-state index in [1.165, 1.54) is 37.9 Å². The third kappa shape index (κ3) is 5.26. The van der Waals surface area contributed by atoms with Crippen LogP contribution in [0.2, 0.25) is 0 Å². The van der Waals surface area contributed by atoms with E-state index in [0.29, 0.717) is 17.5 Å². The van der Waals surface area contributed by atoms with E-state index in [0.717, 1.165) is 49.7 Å². The Hall–Kier alpha value is -7.43. The molecule has 0 unspecified atom stereocenters. The van der Waals surface area contributed by atoms with Crippen molar-refractivity contribution < 1.29 is 0 Å². The maximum Gasteiger partial charge on any atom is 0.166 e. The Labute approximate surface area is 317 Å². The predicted molar refractivity (Wildman–Crippen MR) is 228 cm³/mol. The van der Waals surface area contributed by atoms with Crippen LogP contribution >= 0.6 is 0 Å². The van der Waals surface area contributed by atoms with Crippen LogP contribution in [0.15, 0.2) is 194 Å². The van der Waals surface area contributed by atoms with Crippen molar-refractivity contribution in [2.75, 3.05) is 0 Å². The molecule has 4 nitrogen and oxygen atoms in total. The number of aromatic nitrogens is 4. The van der Waals surface area contributed by atoms with Gasteiger partial charge in [-0.3, -0.25) is 0 Å². The SMILES string of the molecule is c1ccc(-c2nc(-c3ccc(-c4ccc5ccccc5c4)cc3)nc(-c3c(-n4c5ccccc5c5cc6ccccc6cc54)ccc4ccccc34)n2)cc1. The molecule has 0 aliphatic rings. The molecule has 0 atom stereocenters. The summed E-state index contributed by atoms with van der Waals surface area (Å²) in [5.41, 5.74) is 8.42. The Morgan fingerprint density at radius 1 is 0.291 bits per heavy atom. The van der Waals surface area contributed by atoms with Crippen LogP contribution in [0.5, 0.6) is 0 Å². The van der Waals surface area contributed by atoms with Gasteiger partial charge in [0, 0.05) is 21.9 Å². The lowest BCUT2D eigenvalue weighted by Gasteiger charge is -2.17. The molecule has 0 N–H and O–H groups in total. The number of nitrogens with zero attached hydrogens (tertiary/aromatic N) is 4. The van der Waals surface area contributed by atoms with E-state index in [1.807, 2.05) is 18.2 Å². The minimum Gasteiger partial charge on any atom is -0.308 e. The smallest absolute Gasteiger partial charge is 0.166 e. The van der Waals surface area contributed by atoms with Crippen molar-refractivity contribution in [1.82, 2.24) is 19.5 Å². The van der Waals surface area contributed by atoms with Gasteiger partial charge in [-0.25, -0.2) is 15.0 Å². The number of fused-ring (bicyclic) bond motifs is 6. The molecule has 0 saturated carbocycles. The molecule has 55 heavy (non-hydrogen) atoms. The van der Waals surface area contributed by atoms with Gasteiger partial charge in [-0.1, -0.05) is 164 Å². The standard InChI is InChI=1S/C51H32N4/c1-2-14-36(15-3-1)49-52-50(37-25-22-34(23-26-37)41-27-24-33-12-4-5-16-38(33)30-41)54-51(53-49)48-42-19-9-8-13-35(42)28-29-46(48)55-45-21-11-10-20-43(45)44-31-39-17-6-7-18-40(39)32-47(44)55/h1-32H. The molecule has 0 radical (unpaired) electrons. The van der Waals surface area contributed by atoms with E-state index < -0.39 is 0 Å². The summed E-state index contributed by atoms with van der Waals surface area (Å²) in [6, 6.07) is 68.7. The van der Waals surface area contributed by atoms with Crippen molar-refractivity contribution in [3.63, 3.8) is 0 Å². The summed E-state index contributed by atoms with van der Waals surface area (Å²) >= 11 is 0. The first-order valence-electron chi connectivity index (χ1n) is 18.6. The molecule has 2 heterocycles. The Kier molecular flexibility index (Phi) is 7.14. The molecular weight excluding hydrogens is 669 g/mol. The van der Waals surface area contributed by atoms with Crippen LogP contribution in [0.4, 0.5) is 0 Å². The van der Waals surface area contributed by atoms with Crippen LogP contribution in [-0.2, 0) is 0 Å². The molecule has 0 spiro atoms. The monoisotopic (exact) mass is 700 g/mol. The average molecular weight is 701 g/mol. The van der Waals surface area contributed by atoms with E-state index in [1.54, 1.807) is 0 Å². The first kappa shape index (κ1) is 31.1. The van der Waals surface area contributed by atoms with Crippen LogP contribution in [0.25, 0.3) is 105 Å². The molecule has 2 aromatic heterocycles. The summed E-state index contributed by atoms with van der Waals surface area (Å²) in [7, 11) is 0. The van der Waals surface area contributed by atoms with Crippen molar-refractivity contribution in [3.05, 3.63) is 194 Å². The largest absolute Gasteiger partial charge is 0.308 e. The highest BCUT2D eigenvalue weighted by atomic mass is 15.1. The zero-order valence-electron chi connectivity index (χ0n) is 29.8. The molecular formula is C51H32N4. The Balaban J connectivity index is 1.16. The third-order valence-corrected chi connectivity index (χ3v) is 10.8. The molecule has 0 amide bonds. The summed E-state index contributed by atoms with van der Waals surface area (Å²) in [6.45, 7) is 0. The molecule has 0 bridgehead atoms. The fraction of sp³-hybridized carbons (Fsp3) is 0. The highest BCUT2D eigenvalue weighted by molar-refractivity contribution is 6.14. The van der Waals surface area contributed by atoms with Gasteiger partial charge in [0.25, 0.3) is 0 Å². The van der Waals surface area contributed by atoms with E-state index in [4.69, 9.17) is 15.0 Å². The molecule has 4 heteroatoms. The summed E-state index contributed by atoms with van der Waals surface area (Å²) in [4.78, 5) is 15.7. The molecule has 9 aromatic carbocycles. The molecule has 0 aliphatic heterocycles. The molecule has 11 rings (SSSR count). The topological polar surface area (TPSA) is 43.6 Å². The maximum atomic E-state index is 5.34. The van der Waals surface area contributed by atoms with E-state index in [-0.39, 0.29) is 0 Å².